The van der Waals surface area contributed by atoms with Crippen LogP contribution in [0.25, 0.3) is 0 Å². The summed E-state index contributed by atoms with van der Waals surface area (Å²) in [5.41, 5.74) is 0. The Labute approximate surface area is 180 Å². The molecule has 0 aliphatic rings. The van der Waals surface area contributed by atoms with Gasteiger partial charge in [0.05, 0.1) is 0 Å². The minimum atomic E-state index is -2.83. The minimum Gasteiger partial charge on any atom is -1.00 e. The van der Waals surface area contributed by atoms with Gasteiger partial charge in [0.1, 0.15) is 0 Å². The Bertz CT molecular complexity index is 180. The Kier molecular flexibility index (Phi) is 41.0. The summed E-state index contributed by atoms with van der Waals surface area (Å²) in [7, 11) is 0. The van der Waals surface area contributed by atoms with Crippen molar-refractivity contribution in [3.63, 3.8) is 0 Å². The van der Waals surface area contributed by atoms with E-state index in [0.717, 1.165) is 0 Å². The molecule has 2 unspecified atom stereocenters. The van der Waals surface area contributed by atoms with Gasteiger partial charge in [-0.3, -0.25) is 9.11 Å². The van der Waals surface area contributed by atoms with Crippen LogP contribution in [0.1, 0.15) is 5.71 Å². The maximum Gasteiger partial charge on any atom is 1.00 e. The summed E-state index contributed by atoms with van der Waals surface area (Å²) in [6.07, 6.45) is -1.69. The summed E-state index contributed by atoms with van der Waals surface area (Å²) >= 11 is -5.66. The quantitative estimate of drug-likeness (QED) is 0.383. The summed E-state index contributed by atoms with van der Waals surface area (Å²) in [6, 6.07) is 0. The van der Waals surface area contributed by atoms with Gasteiger partial charge in [0.25, 0.3) is 0 Å². The molecule has 0 aromatic carbocycles. The van der Waals surface area contributed by atoms with Gasteiger partial charge in [-0.25, -0.2) is 4.79 Å². The van der Waals surface area contributed by atoms with Crippen LogP contribution in [-0.2, 0) is 31.1 Å². The SMILES string of the molecule is O=C(OS(=O)O)OS(=O)O.[H-].[H-].[H-].[H-].[Na+].[Na+].[Na+].[Na+]. The number of carbonyl (C=O) groups is 1. The normalized spacial score (nSPS) is 11.0. The van der Waals surface area contributed by atoms with Crippen molar-refractivity contribution in [1.82, 2.24) is 0 Å². The molecule has 14 heavy (non-hydrogen) atoms. The Balaban J connectivity index is -0.0000000145. The average molecular weight is 286 g/mol. The van der Waals surface area contributed by atoms with E-state index in [-0.39, 0.29) is 124 Å². The first-order valence-corrected chi connectivity index (χ1v) is 3.71. The van der Waals surface area contributed by atoms with Crippen molar-refractivity contribution in [3.05, 3.63) is 0 Å². The Morgan fingerprint density at radius 2 is 1.14 bits per heavy atom. The van der Waals surface area contributed by atoms with Gasteiger partial charge in [-0.05, 0) is 0 Å². The molecule has 2 atom stereocenters. The van der Waals surface area contributed by atoms with E-state index in [0.29, 0.717) is 0 Å². The van der Waals surface area contributed by atoms with Crippen LogP contribution in [0, 0.1) is 0 Å². The maximum atomic E-state index is 9.91. The third-order valence-corrected chi connectivity index (χ3v) is 0.836. The fraction of sp³-hybridized carbons (Fsp3) is 0. The van der Waals surface area contributed by atoms with E-state index in [2.05, 4.69) is 8.37 Å². The number of rotatable bonds is 2. The zero-order valence-corrected chi connectivity index (χ0v) is 17.9. The van der Waals surface area contributed by atoms with Gasteiger partial charge >= 0.3 is 147 Å². The molecule has 0 aliphatic carbocycles. The molecular weight excluding hydrogens is 280 g/mol. The van der Waals surface area contributed by atoms with Crippen LogP contribution < -0.4 is 118 Å². The Morgan fingerprint density at radius 1 is 0.929 bits per heavy atom. The Morgan fingerprint density at radius 3 is 1.29 bits per heavy atom. The fourth-order valence-corrected chi connectivity index (χ4v) is 0.474. The van der Waals surface area contributed by atoms with Gasteiger partial charge in [-0.2, -0.15) is 8.42 Å². The van der Waals surface area contributed by atoms with Crippen LogP contribution in [0.2, 0.25) is 0 Å². The first-order valence-electron chi connectivity index (χ1n) is 1.64. The molecule has 68 valence electrons. The molecule has 0 aromatic rings. The van der Waals surface area contributed by atoms with E-state index in [9.17, 15) is 13.2 Å². The topological polar surface area (TPSA) is 110 Å². The standard InChI is InChI=1S/CH2O7S2.4Na.4H/c2-1(7-9(3)4)8-10(5)6;;;;;;;;/h(H,3,4)(H,5,6);;;;;;;;/q;4*+1;4*-1. The summed E-state index contributed by atoms with van der Waals surface area (Å²) in [4.78, 5) is 9.91. The molecule has 0 aliphatic heterocycles. The summed E-state index contributed by atoms with van der Waals surface area (Å²) in [5.74, 6) is 0. The third-order valence-electron chi connectivity index (χ3n) is 0.279. The molecule has 2 N–H and O–H groups in total. The zero-order valence-electron chi connectivity index (χ0n) is 12.3. The molecule has 0 heterocycles. The van der Waals surface area contributed by atoms with E-state index in [1.807, 2.05) is 0 Å². The van der Waals surface area contributed by atoms with E-state index in [4.69, 9.17) is 9.11 Å². The van der Waals surface area contributed by atoms with Crippen molar-refractivity contribution in [1.29, 1.82) is 0 Å². The van der Waals surface area contributed by atoms with Gasteiger partial charge in [-0.15, -0.1) is 0 Å². The van der Waals surface area contributed by atoms with Crippen LogP contribution in [0.3, 0.4) is 0 Å². The van der Waals surface area contributed by atoms with Crippen LogP contribution in [0.4, 0.5) is 4.79 Å². The van der Waals surface area contributed by atoms with Crippen molar-refractivity contribution in [2.75, 3.05) is 0 Å². The van der Waals surface area contributed by atoms with Gasteiger partial charge in [0.15, 0.2) is 0 Å². The van der Waals surface area contributed by atoms with Crippen LogP contribution in [0.15, 0.2) is 0 Å². The largest absolute Gasteiger partial charge is 1.00 e. The summed E-state index contributed by atoms with van der Waals surface area (Å²) < 4.78 is 41.6. The second-order valence-corrected chi connectivity index (χ2v) is 2.05. The summed E-state index contributed by atoms with van der Waals surface area (Å²) in [6.45, 7) is 0. The Hall–Kier alpha value is 3.49. The third kappa shape index (κ3) is 24.6. The predicted octanol–water partition coefficient (Wildman–Crippen LogP) is -12.1. The van der Waals surface area contributed by atoms with E-state index < -0.39 is 28.9 Å². The molecule has 0 saturated carbocycles. The van der Waals surface area contributed by atoms with Crippen molar-refractivity contribution in [3.8, 4) is 0 Å². The first-order chi connectivity index (χ1) is 4.52. The molecule has 0 aromatic heterocycles. The van der Waals surface area contributed by atoms with E-state index in [1.54, 1.807) is 0 Å². The second kappa shape index (κ2) is 18.8. The minimum absolute atomic E-state index is 0. The average Bonchev–Trinajstić information content (AvgIpc) is 1.58. The first kappa shape index (κ1) is 30.5. The molecule has 0 bridgehead atoms. The molecule has 0 radical (unpaired) electrons. The second-order valence-electron chi connectivity index (χ2n) is 0.851. The van der Waals surface area contributed by atoms with Crippen LogP contribution in [0.5, 0.6) is 0 Å². The zero-order chi connectivity index (χ0) is 8.15. The smallest absolute Gasteiger partial charge is 1.00 e. The van der Waals surface area contributed by atoms with Crippen molar-refractivity contribution in [2.24, 2.45) is 0 Å². The van der Waals surface area contributed by atoms with E-state index in [1.165, 1.54) is 0 Å². The number of carbonyl (C=O) groups excluding carboxylic acids is 1. The number of hydrogen-bond acceptors (Lipinski definition) is 5. The predicted molar refractivity (Wildman–Crippen MR) is 33.6 cm³/mol. The van der Waals surface area contributed by atoms with E-state index >= 15 is 0 Å². The number of hydrogen-bond donors (Lipinski definition) is 2. The van der Waals surface area contributed by atoms with Gasteiger partial charge in [-0.1, -0.05) is 0 Å². The summed E-state index contributed by atoms with van der Waals surface area (Å²) in [5, 5.41) is 0. The van der Waals surface area contributed by atoms with Crippen molar-refractivity contribution < 1.29 is 155 Å². The molecule has 0 saturated heterocycles. The monoisotopic (exact) mass is 286 g/mol. The molecule has 0 rings (SSSR count). The van der Waals surface area contributed by atoms with Gasteiger partial charge < -0.3 is 14.1 Å². The fourth-order valence-electron chi connectivity index (χ4n) is 0.130. The molecule has 7 nitrogen and oxygen atoms in total. The maximum absolute atomic E-state index is 9.91. The van der Waals surface area contributed by atoms with Gasteiger partial charge in [0, 0.05) is 0 Å². The van der Waals surface area contributed by atoms with Gasteiger partial charge in [0.2, 0.25) is 0 Å². The molecule has 13 heteroatoms. The van der Waals surface area contributed by atoms with Crippen LogP contribution in [-0.4, -0.2) is 23.7 Å². The van der Waals surface area contributed by atoms with Crippen molar-refractivity contribution >= 4 is 28.9 Å². The molecule has 0 spiro atoms. The molecule has 0 amide bonds. The van der Waals surface area contributed by atoms with Crippen molar-refractivity contribution in [2.45, 2.75) is 0 Å². The molecular formula is CH6Na4O7S2. The van der Waals surface area contributed by atoms with Crippen LogP contribution >= 0.6 is 0 Å². The molecule has 0 fully saturated rings.